The van der Waals surface area contributed by atoms with Gasteiger partial charge in [0.15, 0.2) is 0 Å². The molecule has 1 nitrogen and oxygen atoms in total. The van der Waals surface area contributed by atoms with Gasteiger partial charge in [0.2, 0.25) is 9.04 Å². The van der Waals surface area contributed by atoms with Gasteiger partial charge in [0.05, 0.1) is 6.61 Å². The molecule has 2 aromatic rings. The molecule has 0 aliphatic carbocycles. The lowest BCUT2D eigenvalue weighted by atomic mass is 9.96. The van der Waals surface area contributed by atoms with Crippen LogP contribution in [-0.2, 0) is 4.43 Å². The van der Waals surface area contributed by atoms with Gasteiger partial charge >= 0.3 is 0 Å². The number of benzene rings is 2. The lowest BCUT2D eigenvalue weighted by Crippen LogP contribution is -2.10. The van der Waals surface area contributed by atoms with Crippen molar-refractivity contribution in [3.8, 4) is 0 Å². The topological polar surface area (TPSA) is 9.23 Å². The molecule has 1 unspecified atom stereocenters. The van der Waals surface area contributed by atoms with Gasteiger partial charge in [0.1, 0.15) is 0 Å². The summed E-state index contributed by atoms with van der Waals surface area (Å²) in [5.74, 6) is 0.384. The smallest absolute Gasteiger partial charge is 0.205 e. The largest absolute Gasteiger partial charge is 0.413 e. The van der Waals surface area contributed by atoms with Gasteiger partial charge in [0, 0.05) is 0 Å². The van der Waals surface area contributed by atoms with Crippen LogP contribution < -0.4 is 0 Å². The van der Waals surface area contributed by atoms with Crippen molar-refractivity contribution in [1.82, 2.24) is 0 Å². The normalized spacial score (nSPS) is 13.4. The minimum atomic E-state index is -0.677. The van der Waals surface area contributed by atoms with Crippen LogP contribution >= 0.6 is 0 Å². The summed E-state index contributed by atoms with van der Waals surface area (Å²) in [6.07, 6.45) is 2.33. The number of allylic oxidation sites excluding steroid dienone is 1. The third-order valence-electron chi connectivity index (χ3n) is 3.44. The molecule has 0 aliphatic heterocycles. The zero-order chi connectivity index (χ0) is 15.1. The first-order valence-electron chi connectivity index (χ1n) is 7.41. The van der Waals surface area contributed by atoms with E-state index in [-0.39, 0.29) is 0 Å². The Morgan fingerprint density at radius 3 is 2.14 bits per heavy atom. The molecule has 0 saturated heterocycles. The molecule has 109 valence electrons. The fraction of sp³-hybridized carbons (Fsp3) is 0.263. The van der Waals surface area contributed by atoms with E-state index >= 15 is 0 Å². The summed E-state index contributed by atoms with van der Waals surface area (Å²) in [5.41, 5.74) is 3.87. The van der Waals surface area contributed by atoms with Crippen LogP contribution in [0.15, 0.2) is 66.7 Å². The maximum absolute atomic E-state index is 5.93. The standard InChI is InChI=1S/C19H23OSi/c1-16(17-10-6-4-7-11-17)14-19(15-20-21(2)3)18-12-8-5-9-13-18/h4-14,16H,15H2,1-3H3. The van der Waals surface area contributed by atoms with Crippen molar-refractivity contribution in [3.05, 3.63) is 77.9 Å². The molecular weight excluding hydrogens is 272 g/mol. The summed E-state index contributed by atoms with van der Waals surface area (Å²) in [6, 6.07) is 21.1. The van der Waals surface area contributed by atoms with Crippen molar-refractivity contribution in [2.45, 2.75) is 25.9 Å². The first-order chi connectivity index (χ1) is 10.2. The summed E-state index contributed by atoms with van der Waals surface area (Å²) in [5, 5.41) is 0. The Labute approximate surface area is 130 Å². The first-order valence-corrected chi connectivity index (χ1v) is 9.81. The second-order valence-electron chi connectivity index (χ2n) is 5.45. The zero-order valence-corrected chi connectivity index (χ0v) is 14.0. The molecular formula is C19H23OSi. The highest BCUT2D eigenvalue weighted by Gasteiger charge is 2.08. The molecule has 0 N–H and O–H groups in total. The van der Waals surface area contributed by atoms with E-state index in [4.69, 9.17) is 4.43 Å². The molecule has 0 aliphatic rings. The fourth-order valence-corrected chi connectivity index (χ4v) is 2.70. The van der Waals surface area contributed by atoms with E-state index in [0.29, 0.717) is 12.5 Å². The van der Waals surface area contributed by atoms with E-state index in [0.717, 1.165) is 0 Å². The van der Waals surface area contributed by atoms with Crippen molar-refractivity contribution in [3.63, 3.8) is 0 Å². The van der Waals surface area contributed by atoms with Crippen molar-refractivity contribution in [2.24, 2.45) is 0 Å². The fourth-order valence-electron chi connectivity index (χ4n) is 2.26. The average Bonchev–Trinajstić information content (AvgIpc) is 2.52. The predicted octanol–water partition coefficient (Wildman–Crippen LogP) is 5.14. The van der Waals surface area contributed by atoms with Crippen LogP contribution in [0.2, 0.25) is 13.1 Å². The van der Waals surface area contributed by atoms with Gasteiger partial charge in [-0.3, -0.25) is 0 Å². The number of hydrogen-bond donors (Lipinski definition) is 0. The van der Waals surface area contributed by atoms with Crippen molar-refractivity contribution in [2.75, 3.05) is 6.61 Å². The molecule has 2 rings (SSSR count). The summed E-state index contributed by atoms with van der Waals surface area (Å²) >= 11 is 0. The van der Waals surface area contributed by atoms with Gasteiger partial charge in [-0.2, -0.15) is 0 Å². The maximum atomic E-state index is 5.93. The van der Waals surface area contributed by atoms with Crippen molar-refractivity contribution in [1.29, 1.82) is 0 Å². The number of hydrogen-bond acceptors (Lipinski definition) is 1. The lowest BCUT2D eigenvalue weighted by Gasteiger charge is -2.14. The summed E-state index contributed by atoms with van der Waals surface area (Å²) in [4.78, 5) is 0. The molecule has 21 heavy (non-hydrogen) atoms. The van der Waals surface area contributed by atoms with E-state index in [9.17, 15) is 0 Å². The molecule has 0 aromatic heterocycles. The van der Waals surface area contributed by atoms with E-state index in [2.05, 4.69) is 86.8 Å². The van der Waals surface area contributed by atoms with Gasteiger partial charge in [-0.15, -0.1) is 0 Å². The minimum absolute atomic E-state index is 0.384. The summed E-state index contributed by atoms with van der Waals surface area (Å²) in [6.45, 7) is 7.28. The Balaban J connectivity index is 2.24. The van der Waals surface area contributed by atoms with Crippen LogP contribution in [0.25, 0.3) is 5.57 Å². The van der Waals surface area contributed by atoms with Crippen LogP contribution in [0.3, 0.4) is 0 Å². The maximum Gasteiger partial charge on any atom is 0.205 e. The van der Waals surface area contributed by atoms with E-state index in [1.165, 1.54) is 16.7 Å². The Hall–Kier alpha value is -1.64. The molecule has 0 bridgehead atoms. The molecule has 2 heteroatoms. The van der Waals surface area contributed by atoms with Crippen LogP contribution in [0.4, 0.5) is 0 Å². The third-order valence-corrected chi connectivity index (χ3v) is 4.16. The molecule has 1 atom stereocenters. The number of rotatable bonds is 6. The van der Waals surface area contributed by atoms with Gasteiger partial charge < -0.3 is 4.43 Å². The van der Waals surface area contributed by atoms with Crippen LogP contribution in [0.5, 0.6) is 0 Å². The summed E-state index contributed by atoms with van der Waals surface area (Å²) < 4.78 is 5.93. The molecule has 0 spiro atoms. The Bertz CT molecular complexity index is 561. The van der Waals surface area contributed by atoms with E-state index in [1.54, 1.807) is 0 Å². The van der Waals surface area contributed by atoms with Crippen LogP contribution in [-0.4, -0.2) is 15.6 Å². The molecule has 1 radical (unpaired) electrons. The lowest BCUT2D eigenvalue weighted by molar-refractivity contribution is 0.381. The molecule has 0 heterocycles. The predicted molar refractivity (Wildman–Crippen MR) is 92.7 cm³/mol. The quantitative estimate of drug-likeness (QED) is 0.670. The molecule has 0 amide bonds. The van der Waals surface area contributed by atoms with Gasteiger partial charge in [-0.1, -0.05) is 73.7 Å². The molecule has 0 saturated carbocycles. The van der Waals surface area contributed by atoms with Gasteiger partial charge in [-0.05, 0) is 35.7 Å². The molecule has 0 fully saturated rings. The second kappa shape index (κ2) is 7.96. The van der Waals surface area contributed by atoms with Gasteiger partial charge in [0.25, 0.3) is 0 Å². The Kier molecular flexibility index (Phi) is 5.97. The first kappa shape index (κ1) is 15.7. The summed E-state index contributed by atoms with van der Waals surface area (Å²) in [7, 11) is -0.677. The highest BCUT2D eigenvalue weighted by atomic mass is 28.3. The van der Waals surface area contributed by atoms with Crippen LogP contribution in [0, 0.1) is 0 Å². The Morgan fingerprint density at radius 1 is 1.00 bits per heavy atom. The average molecular weight is 295 g/mol. The van der Waals surface area contributed by atoms with E-state index < -0.39 is 9.04 Å². The van der Waals surface area contributed by atoms with E-state index in [1.807, 2.05) is 0 Å². The third kappa shape index (κ3) is 4.99. The SMILES string of the molecule is CC(C=C(CO[Si](C)C)c1ccccc1)c1ccccc1. The monoisotopic (exact) mass is 295 g/mol. The Morgan fingerprint density at radius 2 is 1.57 bits per heavy atom. The van der Waals surface area contributed by atoms with Crippen LogP contribution in [0.1, 0.15) is 24.0 Å². The van der Waals surface area contributed by atoms with Crippen molar-refractivity contribution >= 4 is 14.6 Å². The van der Waals surface area contributed by atoms with Crippen molar-refractivity contribution < 1.29 is 4.43 Å². The molecule has 2 aromatic carbocycles. The second-order valence-corrected chi connectivity index (χ2v) is 7.56. The highest BCUT2D eigenvalue weighted by Crippen LogP contribution is 2.23. The highest BCUT2D eigenvalue weighted by molar-refractivity contribution is 6.48. The minimum Gasteiger partial charge on any atom is -0.413 e. The zero-order valence-electron chi connectivity index (χ0n) is 13.0. The van der Waals surface area contributed by atoms with Gasteiger partial charge in [-0.25, -0.2) is 0 Å².